The fraction of sp³-hybridized carbons (Fsp3) is 1.00. The molecule has 0 unspecified atom stereocenters. The summed E-state index contributed by atoms with van der Waals surface area (Å²) in [6, 6.07) is 0. The Morgan fingerprint density at radius 2 is 1.59 bits per heavy atom. The Morgan fingerprint density at radius 3 is 2.24 bits per heavy atom. The van der Waals surface area contributed by atoms with Crippen molar-refractivity contribution in [3.05, 3.63) is 0 Å². The quantitative estimate of drug-likeness (QED) is 0.503. The zero-order valence-corrected chi connectivity index (χ0v) is 11.7. The van der Waals surface area contributed by atoms with Crippen LogP contribution in [0.2, 0.25) is 0 Å². The lowest BCUT2D eigenvalue weighted by atomic mass is 10.1. The van der Waals surface area contributed by atoms with Gasteiger partial charge in [0, 0.05) is 26.9 Å². The van der Waals surface area contributed by atoms with Crippen molar-refractivity contribution in [1.29, 1.82) is 0 Å². The lowest BCUT2D eigenvalue weighted by Gasteiger charge is -2.08. The first kappa shape index (κ1) is 16.8. The van der Waals surface area contributed by atoms with E-state index >= 15 is 0 Å². The molecular formula is C13H29NO3. The van der Waals surface area contributed by atoms with E-state index in [0.717, 1.165) is 45.2 Å². The van der Waals surface area contributed by atoms with E-state index in [1.165, 1.54) is 6.42 Å². The van der Waals surface area contributed by atoms with Crippen LogP contribution in [0.3, 0.4) is 0 Å². The number of methoxy groups -OCH3 is 1. The second-order valence-electron chi connectivity index (χ2n) is 4.50. The smallest absolute Gasteiger partial charge is 0.0700 e. The molecule has 0 heterocycles. The molecule has 0 saturated heterocycles. The van der Waals surface area contributed by atoms with E-state index in [-0.39, 0.29) is 0 Å². The van der Waals surface area contributed by atoms with Crippen LogP contribution in [0.15, 0.2) is 0 Å². The molecule has 0 saturated carbocycles. The molecule has 0 aliphatic carbocycles. The number of rotatable bonds is 13. The van der Waals surface area contributed by atoms with Crippen molar-refractivity contribution in [2.45, 2.75) is 26.7 Å². The third-order valence-electron chi connectivity index (χ3n) is 2.33. The highest BCUT2D eigenvalue weighted by Crippen LogP contribution is 1.95. The Balaban J connectivity index is 2.89. The average Bonchev–Trinajstić information content (AvgIpc) is 2.30. The predicted molar refractivity (Wildman–Crippen MR) is 70.5 cm³/mol. The fourth-order valence-electron chi connectivity index (χ4n) is 1.27. The summed E-state index contributed by atoms with van der Waals surface area (Å²) in [6.07, 6.45) is 2.18. The molecule has 1 N–H and O–H groups in total. The lowest BCUT2D eigenvalue weighted by Crippen LogP contribution is -2.22. The van der Waals surface area contributed by atoms with E-state index in [2.05, 4.69) is 19.2 Å². The highest BCUT2D eigenvalue weighted by molar-refractivity contribution is 4.50. The number of ether oxygens (including phenoxy) is 3. The van der Waals surface area contributed by atoms with Crippen LogP contribution in [0.1, 0.15) is 26.7 Å². The van der Waals surface area contributed by atoms with Gasteiger partial charge in [-0.1, -0.05) is 13.8 Å². The minimum atomic E-state index is 0.667. The largest absolute Gasteiger partial charge is 0.382 e. The molecule has 0 aromatic heterocycles. The summed E-state index contributed by atoms with van der Waals surface area (Å²) < 4.78 is 15.7. The van der Waals surface area contributed by atoms with Crippen LogP contribution >= 0.6 is 0 Å². The molecule has 17 heavy (non-hydrogen) atoms. The number of hydrogen-bond acceptors (Lipinski definition) is 4. The van der Waals surface area contributed by atoms with Gasteiger partial charge in [-0.3, -0.25) is 0 Å². The molecule has 0 atom stereocenters. The van der Waals surface area contributed by atoms with Crippen LogP contribution in [-0.4, -0.2) is 53.2 Å². The lowest BCUT2D eigenvalue weighted by molar-refractivity contribution is 0.0518. The van der Waals surface area contributed by atoms with Crippen molar-refractivity contribution in [2.24, 2.45) is 5.92 Å². The second-order valence-corrected chi connectivity index (χ2v) is 4.50. The summed E-state index contributed by atoms with van der Waals surface area (Å²) in [4.78, 5) is 0. The standard InChI is InChI=1S/C13H29NO3/c1-13(2)5-6-14-7-10-16-8-4-9-17-12-11-15-3/h13-14H,4-12H2,1-3H3. The molecule has 0 bridgehead atoms. The maximum Gasteiger partial charge on any atom is 0.0700 e. The molecule has 0 amide bonds. The normalized spacial score (nSPS) is 11.3. The van der Waals surface area contributed by atoms with Gasteiger partial charge < -0.3 is 19.5 Å². The molecule has 0 aliphatic heterocycles. The van der Waals surface area contributed by atoms with Crippen LogP contribution < -0.4 is 5.32 Å². The van der Waals surface area contributed by atoms with E-state index in [1.54, 1.807) is 7.11 Å². The van der Waals surface area contributed by atoms with Gasteiger partial charge in [0.25, 0.3) is 0 Å². The van der Waals surface area contributed by atoms with Crippen molar-refractivity contribution in [3.8, 4) is 0 Å². The van der Waals surface area contributed by atoms with Crippen molar-refractivity contribution in [2.75, 3.05) is 53.2 Å². The minimum Gasteiger partial charge on any atom is -0.382 e. The summed E-state index contributed by atoms with van der Waals surface area (Å²) in [6.45, 7) is 10.2. The van der Waals surface area contributed by atoms with E-state index in [1.807, 2.05) is 0 Å². The SMILES string of the molecule is COCCOCCCOCCNCCC(C)C. The van der Waals surface area contributed by atoms with Crippen molar-refractivity contribution in [3.63, 3.8) is 0 Å². The maximum atomic E-state index is 5.47. The van der Waals surface area contributed by atoms with Crippen LogP contribution in [-0.2, 0) is 14.2 Å². The van der Waals surface area contributed by atoms with E-state index in [4.69, 9.17) is 14.2 Å². The second kappa shape index (κ2) is 13.9. The Hall–Kier alpha value is -0.160. The average molecular weight is 247 g/mol. The molecule has 0 fully saturated rings. The minimum absolute atomic E-state index is 0.667. The van der Waals surface area contributed by atoms with Gasteiger partial charge in [-0.25, -0.2) is 0 Å². The van der Waals surface area contributed by atoms with Gasteiger partial charge in [0.15, 0.2) is 0 Å². The first-order valence-corrected chi connectivity index (χ1v) is 6.62. The summed E-state index contributed by atoms with van der Waals surface area (Å²) >= 11 is 0. The molecule has 0 aromatic rings. The van der Waals surface area contributed by atoms with E-state index in [9.17, 15) is 0 Å². The fourth-order valence-corrected chi connectivity index (χ4v) is 1.27. The molecule has 104 valence electrons. The maximum absolute atomic E-state index is 5.47. The van der Waals surface area contributed by atoms with E-state index in [0.29, 0.717) is 13.2 Å². The number of hydrogen-bond donors (Lipinski definition) is 1. The Labute approximate surface area is 106 Å². The molecule has 0 aliphatic rings. The van der Waals surface area contributed by atoms with Crippen molar-refractivity contribution in [1.82, 2.24) is 5.32 Å². The monoisotopic (exact) mass is 247 g/mol. The van der Waals surface area contributed by atoms with Crippen LogP contribution in [0.25, 0.3) is 0 Å². The van der Waals surface area contributed by atoms with Crippen LogP contribution in [0, 0.1) is 5.92 Å². The van der Waals surface area contributed by atoms with Crippen LogP contribution in [0.4, 0.5) is 0 Å². The highest BCUT2D eigenvalue weighted by Gasteiger charge is 1.93. The molecule has 0 spiro atoms. The molecular weight excluding hydrogens is 218 g/mol. The van der Waals surface area contributed by atoms with Gasteiger partial charge in [-0.05, 0) is 25.3 Å². The van der Waals surface area contributed by atoms with Gasteiger partial charge in [-0.2, -0.15) is 0 Å². The third-order valence-corrected chi connectivity index (χ3v) is 2.33. The Bertz CT molecular complexity index is 143. The first-order chi connectivity index (χ1) is 8.27. The molecule has 0 aromatic carbocycles. The zero-order chi connectivity index (χ0) is 12.8. The molecule has 4 nitrogen and oxygen atoms in total. The zero-order valence-electron chi connectivity index (χ0n) is 11.7. The Morgan fingerprint density at radius 1 is 0.882 bits per heavy atom. The number of nitrogens with one attached hydrogen (secondary N) is 1. The third kappa shape index (κ3) is 15.8. The van der Waals surface area contributed by atoms with Crippen molar-refractivity contribution < 1.29 is 14.2 Å². The van der Waals surface area contributed by atoms with Gasteiger partial charge in [0.1, 0.15) is 0 Å². The van der Waals surface area contributed by atoms with Gasteiger partial charge in [-0.15, -0.1) is 0 Å². The molecule has 0 rings (SSSR count). The first-order valence-electron chi connectivity index (χ1n) is 6.62. The highest BCUT2D eigenvalue weighted by atomic mass is 16.5. The summed E-state index contributed by atoms with van der Waals surface area (Å²) in [5, 5.41) is 3.36. The van der Waals surface area contributed by atoms with E-state index < -0.39 is 0 Å². The van der Waals surface area contributed by atoms with Gasteiger partial charge in [0.2, 0.25) is 0 Å². The molecule has 4 heteroatoms. The van der Waals surface area contributed by atoms with Gasteiger partial charge in [0.05, 0.1) is 19.8 Å². The topological polar surface area (TPSA) is 39.7 Å². The summed E-state index contributed by atoms with van der Waals surface area (Å²) in [7, 11) is 1.68. The Kier molecular flexibility index (Phi) is 13.8. The summed E-state index contributed by atoms with van der Waals surface area (Å²) in [5.74, 6) is 0.771. The van der Waals surface area contributed by atoms with Crippen LogP contribution in [0.5, 0.6) is 0 Å². The van der Waals surface area contributed by atoms with Crippen molar-refractivity contribution >= 4 is 0 Å². The van der Waals surface area contributed by atoms with Gasteiger partial charge >= 0.3 is 0 Å². The molecule has 0 radical (unpaired) electrons. The summed E-state index contributed by atoms with van der Waals surface area (Å²) in [5.41, 5.74) is 0. The predicted octanol–water partition coefficient (Wildman–Crippen LogP) is 1.69.